The van der Waals surface area contributed by atoms with Gasteiger partial charge in [0.1, 0.15) is 25.0 Å². The summed E-state index contributed by atoms with van der Waals surface area (Å²) in [4.78, 5) is 29.4. The Kier molecular flexibility index (Phi) is 10.8. The van der Waals surface area contributed by atoms with Crippen molar-refractivity contribution in [1.29, 1.82) is 0 Å². The third-order valence-corrected chi connectivity index (χ3v) is 8.37. The average Bonchev–Trinajstić information content (AvgIpc) is 2.90. The maximum absolute atomic E-state index is 12.3. The van der Waals surface area contributed by atoms with E-state index in [1.54, 1.807) is 12.1 Å². The molecule has 0 fully saturated rings. The van der Waals surface area contributed by atoms with Crippen LogP contribution >= 0.6 is 23.5 Å². The molecular weight excluding hydrogens is 498 g/mol. The molecule has 0 bridgehead atoms. The minimum absolute atomic E-state index is 0.0325. The van der Waals surface area contributed by atoms with Crippen LogP contribution in [0.2, 0.25) is 0 Å². The zero-order valence-corrected chi connectivity index (χ0v) is 22.6. The Morgan fingerprint density at radius 3 is 2.36 bits per heavy atom. The number of hydrogen-bond donors (Lipinski definition) is 0. The minimum atomic E-state index is -0.607. The molecule has 9 heteroatoms. The van der Waals surface area contributed by atoms with Gasteiger partial charge in [0, 0.05) is 17.0 Å². The number of rotatable bonds is 13. The molecule has 36 heavy (non-hydrogen) atoms. The van der Waals surface area contributed by atoms with Crippen molar-refractivity contribution in [1.82, 2.24) is 0 Å². The van der Waals surface area contributed by atoms with Crippen molar-refractivity contribution < 1.29 is 23.5 Å². The number of ether oxygens (including phenoxy) is 2. The summed E-state index contributed by atoms with van der Waals surface area (Å²) in [6, 6.07) is 14.3. The summed E-state index contributed by atoms with van der Waals surface area (Å²) >= 11 is 3.63. The highest BCUT2D eigenvalue weighted by molar-refractivity contribution is 8.16. The second-order valence-corrected chi connectivity index (χ2v) is 10.5. The van der Waals surface area contributed by atoms with Crippen LogP contribution in [0.4, 0.5) is 0 Å². The van der Waals surface area contributed by atoms with Gasteiger partial charge in [-0.05, 0) is 48.1 Å². The number of oxime groups is 1. The predicted octanol–water partition coefficient (Wildman–Crippen LogP) is 6.18. The molecule has 1 heterocycles. The van der Waals surface area contributed by atoms with Crippen LogP contribution in [-0.4, -0.2) is 37.4 Å². The van der Waals surface area contributed by atoms with Crippen LogP contribution in [0.5, 0.6) is 5.75 Å². The Bertz CT molecular complexity index is 1250. The topological polar surface area (TPSA) is 87.3 Å². The standard InChI is InChI=1S/C27H31NO6S2/c1-5-15-35-27(36-16-6-2)23-21(13-11-18-12-14-22(29)34-25(18)23)33-17-19-9-7-8-10-20(19)24(28-32-4)26(30)31-3/h7-14,27H,5-6,15-17H2,1-4H3/b28-24+. The summed E-state index contributed by atoms with van der Waals surface area (Å²) in [6.45, 7) is 4.45. The number of methoxy groups -OCH3 is 1. The lowest BCUT2D eigenvalue weighted by molar-refractivity contribution is -0.132. The number of benzene rings is 2. The van der Waals surface area contributed by atoms with Gasteiger partial charge in [0.2, 0.25) is 0 Å². The molecule has 2 aromatic carbocycles. The first-order valence-electron chi connectivity index (χ1n) is 11.7. The molecule has 0 unspecified atom stereocenters. The van der Waals surface area contributed by atoms with E-state index < -0.39 is 11.6 Å². The molecule has 1 aromatic heterocycles. The molecule has 0 radical (unpaired) electrons. The number of carbonyl (C=O) groups excluding carboxylic acids is 1. The van der Waals surface area contributed by atoms with Gasteiger partial charge in [0.05, 0.1) is 17.3 Å². The maximum Gasteiger partial charge on any atom is 0.360 e. The molecule has 0 atom stereocenters. The monoisotopic (exact) mass is 529 g/mol. The first kappa shape index (κ1) is 27.7. The number of hydrogen-bond acceptors (Lipinski definition) is 9. The third-order valence-electron chi connectivity index (χ3n) is 5.19. The van der Waals surface area contributed by atoms with Crippen molar-refractivity contribution in [3.8, 4) is 5.75 Å². The largest absolute Gasteiger partial charge is 0.488 e. The molecule has 3 aromatic rings. The molecule has 0 aliphatic carbocycles. The highest BCUT2D eigenvalue weighted by Gasteiger charge is 2.24. The second kappa shape index (κ2) is 14.0. The van der Waals surface area contributed by atoms with Crippen LogP contribution in [0.3, 0.4) is 0 Å². The fourth-order valence-electron chi connectivity index (χ4n) is 3.57. The van der Waals surface area contributed by atoms with Crippen molar-refractivity contribution in [3.63, 3.8) is 0 Å². The van der Waals surface area contributed by atoms with E-state index in [9.17, 15) is 9.59 Å². The van der Waals surface area contributed by atoms with Crippen LogP contribution < -0.4 is 10.4 Å². The molecule has 3 rings (SSSR count). The molecule has 0 saturated carbocycles. The van der Waals surface area contributed by atoms with E-state index in [0.717, 1.165) is 40.9 Å². The Balaban J connectivity index is 2.05. The van der Waals surface area contributed by atoms with Gasteiger partial charge in [-0.2, -0.15) is 0 Å². The summed E-state index contributed by atoms with van der Waals surface area (Å²) in [5.74, 6) is 1.96. The lowest BCUT2D eigenvalue weighted by Gasteiger charge is -2.21. The van der Waals surface area contributed by atoms with Crippen LogP contribution in [0, 0.1) is 0 Å². The van der Waals surface area contributed by atoms with E-state index in [4.69, 9.17) is 18.7 Å². The van der Waals surface area contributed by atoms with Crippen molar-refractivity contribution >= 4 is 46.2 Å². The molecule has 0 aliphatic heterocycles. The summed E-state index contributed by atoms with van der Waals surface area (Å²) in [7, 11) is 2.67. The minimum Gasteiger partial charge on any atom is -0.488 e. The molecule has 0 amide bonds. The SMILES string of the molecule is CCCSC(SCCC)c1c(OCc2ccccc2/C(=N\OC)C(=O)OC)ccc2ccc(=O)oc12. The zero-order chi connectivity index (χ0) is 25.9. The summed E-state index contributed by atoms with van der Waals surface area (Å²) in [5, 5.41) is 4.72. The fraction of sp³-hybridized carbons (Fsp3) is 0.370. The van der Waals surface area contributed by atoms with Gasteiger partial charge in [0.25, 0.3) is 0 Å². The Hall–Kier alpha value is -2.91. The van der Waals surface area contributed by atoms with E-state index in [0.29, 0.717) is 16.9 Å². The Morgan fingerprint density at radius 2 is 1.69 bits per heavy atom. The van der Waals surface area contributed by atoms with Crippen molar-refractivity contribution in [2.75, 3.05) is 25.7 Å². The number of thioether (sulfide) groups is 2. The third kappa shape index (κ3) is 6.85. The van der Waals surface area contributed by atoms with Crippen molar-refractivity contribution in [2.45, 2.75) is 37.9 Å². The smallest absolute Gasteiger partial charge is 0.360 e. The van der Waals surface area contributed by atoms with Gasteiger partial charge in [-0.15, -0.1) is 23.5 Å². The summed E-state index contributed by atoms with van der Waals surface area (Å²) < 4.78 is 17.0. The van der Waals surface area contributed by atoms with E-state index in [-0.39, 0.29) is 16.9 Å². The zero-order valence-electron chi connectivity index (χ0n) is 20.9. The van der Waals surface area contributed by atoms with Crippen LogP contribution in [0.25, 0.3) is 11.0 Å². The van der Waals surface area contributed by atoms with Gasteiger partial charge < -0.3 is 18.7 Å². The van der Waals surface area contributed by atoms with Gasteiger partial charge in [-0.25, -0.2) is 9.59 Å². The van der Waals surface area contributed by atoms with Crippen LogP contribution in [0.15, 0.2) is 62.9 Å². The fourth-order valence-corrected chi connectivity index (χ4v) is 6.21. The highest BCUT2D eigenvalue weighted by Crippen LogP contribution is 2.47. The van der Waals surface area contributed by atoms with Gasteiger partial charge in [-0.3, -0.25) is 0 Å². The van der Waals surface area contributed by atoms with E-state index in [1.165, 1.54) is 20.3 Å². The second-order valence-electron chi connectivity index (χ2n) is 7.78. The van der Waals surface area contributed by atoms with Crippen LogP contribution in [0.1, 0.15) is 48.0 Å². The molecule has 192 valence electrons. The summed E-state index contributed by atoms with van der Waals surface area (Å²) in [6.07, 6.45) is 2.06. The predicted molar refractivity (Wildman–Crippen MR) is 147 cm³/mol. The quantitative estimate of drug-likeness (QED) is 0.0853. The molecule has 0 N–H and O–H groups in total. The molecule has 7 nitrogen and oxygen atoms in total. The van der Waals surface area contributed by atoms with Crippen molar-refractivity contribution in [3.05, 3.63) is 75.6 Å². The first-order valence-corrected chi connectivity index (χ1v) is 13.8. The molecule has 0 spiro atoms. The van der Waals surface area contributed by atoms with Crippen molar-refractivity contribution in [2.24, 2.45) is 5.16 Å². The lowest BCUT2D eigenvalue weighted by Crippen LogP contribution is -2.20. The number of nitrogens with zero attached hydrogens (tertiary/aromatic N) is 1. The highest BCUT2D eigenvalue weighted by atomic mass is 32.2. The number of esters is 1. The Labute approximate surface area is 219 Å². The summed E-state index contributed by atoms with van der Waals surface area (Å²) in [5.41, 5.74) is 2.35. The molecular formula is C27H31NO6S2. The van der Waals surface area contributed by atoms with Gasteiger partial charge in [0.15, 0.2) is 5.71 Å². The number of fused-ring (bicyclic) bond motifs is 1. The van der Waals surface area contributed by atoms with Gasteiger partial charge in [-0.1, -0.05) is 43.3 Å². The lowest BCUT2D eigenvalue weighted by atomic mass is 10.0. The van der Waals surface area contributed by atoms with E-state index in [2.05, 4.69) is 19.0 Å². The van der Waals surface area contributed by atoms with E-state index >= 15 is 0 Å². The average molecular weight is 530 g/mol. The Morgan fingerprint density at radius 1 is 1.00 bits per heavy atom. The van der Waals surface area contributed by atoms with Crippen LogP contribution in [-0.2, 0) is 21.0 Å². The number of carbonyl (C=O) groups is 1. The molecule has 0 aliphatic rings. The maximum atomic E-state index is 12.3. The van der Waals surface area contributed by atoms with Gasteiger partial charge >= 0.3 is 11.6 Å². The molecule has 0 saturated heterocycles. The normalized spacial score (nSPS) is 11.6. The first-order chi connectivity index (χ1) is 17.5. The van der Waals surface area contributed by atoms with E-state index in [1.807, 2.05) is 53.9 Å².